The van der Waals surface area contributed by atoms with Crippen LogP contribution in [0.25, 0.3) is 10.6 Å². The van der Waals surface area contributed by atoms with E-state index in [4.69, 9.17) is 16.0 Å². The summed E-state index contributed by atoms with van der Waals surface area (Å²) in [5.41, 5.74) is 0. The molecule has 0 aliphatic heterocycles. The summed E-state index contributed by atoms with van der Waals surface area (Å²) >= 11 is 7.60. The highest BCUT2D eigenvalue weighted by Crippen LogP contribution is 2.33. The molecular formula is C12H15ClN2OS. The Morgan fingerprint density at radius 2 is 2.35 bits per heavy atom. The Labute approximate surface area is 110 Å². The topological polar surface area (TPSA) is 38.1 Å². The van der Waals surface area contributed by atoms with Gasteiger partial charge in [0, 0.05) is 19.0 Å². The van der Waals surface area contributed by atoms with Gasteiger partial charge in [0.05, 0.1) is 16.1 Å². The maximum Gasteiger partial charge on any atom is 0.196 e. The third-order valence-electron chi connectivity index (χ3n) is 2.29. The van der Waals surface area contributed by atoms with E-state index in [0.29, 0.717) is 6.04 Å². The summed E-state index contributed by atoms with van der Waals surface area (Å²) in [6.07, 6.45) is 2.53. The number of nitrogens with zero attached hydrogens (tertiary/aromatic N) is 1. The molecule has 0 unspecified atom stereocenters. The Balaban J connectivity index is 1.99. The molecule has 0 saturated heterocycles. The maximum absolute atomic E-state index is 6.04. The van der Waals surface area contributed by atoms with E-state index in [1.54, 1.807) is 17.5 Å². The lowest BCUT2D eigenvalue weighted by Gasteiger charge is -2.05. The number of hydrogen-bond donors (Lipinski definition) is 1. The first-order valence-corrected chi connectivity index (χ1v) is 6.84. The Bertz CT molecular complexity index is 478. The molecule has 5 heteroatoms. The van der Waals surface area contributed by atoms with E-state index in [9.17, 15) is 0 Å². The quantitative estimate of drug-likeness (QED) is 0.902. The van der Waals surface area contributed by atoms with Crippen molar-refractivity contribution in [1.29, 1.82) is 0 Å². The van der Waals surface area contributed by atoms with Crippen molar-refractivity contribution in [3.63, 3.8) is 0 Å². The molecule has 0 spiro atoms. The highest BCUT2D eigenvalue weighted by atomic mass is 35.5. The average molecular weight is 271 g/mol. The second-order valence-corrected chi connectivity index (χ2v) is 5.40. The number of rotatable bonds is 5. The molecule has 0 saturated carbocycles. The predicted octanol–water partition coefficient (Wildman–Crippen LogP) is 3.60. The smallest absolute Gasteiger partial charge is 0.196 e. The lowest BCUT2D eigenvalue weighted by atomic mass is 10.3. The molecule has 0 fully saturated rings. The minimum atomic E-state index is 0.483. The summed E-state index contributed by atoms with van der Waals surface area (Å²) in [5.74, 6) is 1.50. The van der Waals surface area contributed by atoms with Crippen LogP contribution in [0.5, 0.6) is 0 Å². The van der Waals surface area contributed by atoms with Gasteiger partial charge in [0.25, 0.3) is 0 Å². The molecule has 0 radical (unpaired) electrons. The Morgan fingerprint density at radius 1 is 1.53 bits per heavy atom. The normalized spacial score (nSPS) is 11.3. The molecule has 0 amide bonds. The minimum Gasteiger partial charge on any atom is -0.440 e. The molecule has 0 aliphatic rings. The lowest BCUT2D eigenvalue weighted by molar-refractivity contribution is 0.485. The molecular weight excluding hydrogens is 256 g/mol. The van der Waals surface area contributed by atoms with E-state index < -0.39 is 0 Å². The molecule has 17 heavy (non-hydrogen) atoms. The molecule has 2 heterocycles. The van der Waals surface area contributed by atoms with Crippen molar-refractivity contribution in [2.45, 2.75) is 26.3 Å². The minimum absolute atomic E-state index is 0.483. The van der Waals surface area contributed by atoms with Gasteiger partial charge in [-0.2, -0.15) is 0 Å². The van der Waals surface area contributed by atoms with Crippen molar-refractivity contribution in [2.75, 3.05) is 6.54 Å². The highest BCUT2D eigenvalue weighted by Gasteiger charge is 2.10. The van der Waals surface area contributed by atoms with Crippen LogP contribution >= 0.6 is 22.9 Å². The number of thiophene rings is 1. The molecule has 3 nitrogen and oxygen atoms in total. The van der Waals surface area contributed by atoms with Gasteiger partial charge in [0.15, 0.2) is 11.7 Å². The molecule has 0 bridgehead atoms. The van der Waals surface area contributed by atoms with Crippen LogP contribution < -0.4 is 5.32 Å². The van der Waals surface area contributed by atoms with Crippen LogP contribution in [0.15, 0.2) is 22.1 Å². The van der Waals surface area contributed by atoms with E-state index in [1.165, 1.54) is 0 Å². The number of halogens is 1. The van der Waals surface area contributed by atoms with Gasteiger partial charge in [-0.3, -0.25) is 0 Å². The summed E-state index contributed by atoms with van der Waals surface area (Å²) in [5, 5.41) is 5.99. The van der Waals surface area contributed by atoms with Crippen molar-refractivity contribution in [3.05, 3.63) is 28.6 Å². The lowest BCUT2D eigenvalue weighted by Crippen LogP contribution is -2.24. The first-order chi connectivity index (χ1) is 8.16. The van der Waals surface area contributed by atoms with Gasteiger partial charge >= 0.3 is 0 Å². The first-order valence-electron chi connectivity index (χ1n) is 5.58. The number of oxazole rings is 1. The van der Waals surface area contributed by atoms with Gasteiger partial charge in [-0.25, -0.2) is 4.98 Å². The van der Waals surface area contributed by atoms with E-state index in [2.05, 4.69) is 24.1 Å². The molecule has 2 aromatic rings. The summed E-state index contributed by atoms with van der Waals surface area (Å²) < 4.78 is 5.67. The van der Waals surface area contributed by atoms with Gasteiger partial charge in [-0.15, -0.1) is 11.3 Å². The number of aromatic nitrogens is 1. The highest BCUT2D eigenvalue weighted by molar-refractivity contribution is 7.14. The van der Waals surface area contributed by atoms with Crippen LogP contribution in [0, 0.1) is 0 Å². The van der Waals surface area contributed by atoms with Crippen LogP contribution in [0.2, 0.25) is 5.02 Å². The summed E-state index contributed by atoms with van der Waals surface area (Å²) in [6.45, 7) is 5.11. The Morgan fingerprint density at radius 3 is 3.00 bits per heavy atom. The standard InChI is InChI=1S/C12H15ClN2OS/c1-8(2)14-5-3-11-15-7-10(16-11)12-9(13)4-6-17-12/h4,6-8,14H,3,5H2,1-2H3. The molecule has 2 rings (SSSR count). The fourth-order valence-corrected chi connectivity index (χ4v) is 2.56. The van der Waals surface area contributed by atoms with Gasteiger partial charge in [-0.1, -0.05) is 25.4 Å². The fourth-order valence-electron chi connectivity index (χ4n) is 1.47. The largest absolute Gasteiger partial charge is 0.440 e. The van der Waals surface area contributed by atoms with Gasteiger partial charge < -0.3 is 9.73 Å². The maximum atomic E-state index is 6.04. The van der Waals surface area contributed by atoms with Gasteiger partial charge in [0.2, 0.25) is 0 Å². The van der Waals surface area contributed by atoms with Crippen molar-refractivity contribution in [1.82, 2.24) is 10.3 Å². The third kappa shape index (κ3) is 3.31. The molecule has 1 N–H and O–H groups in total. The molecule has 0 aromatic carbocycles. The van der Waals surface area contributed by atoms with Crippen LogP contribution in [0.3, 0.4) is 0 Å². The number of hydrogen-bond acceptors (Lipinski definition) is 4. The van der Waals surface area contributed by atoms with Crippen molar-refractivity contribution in [2.24, 2.45) is 0 Å². The molecule has 0 atom stereocenters. The molecule has 0 aliphatic carbocycles. The second kappa shape index (κ2) is 5.67. The zero-order chi connectivity index (χ0) is 12.3. The van der Waals surface area contributed by atoms with Crippen molar-refractivity contribution >= 4 is 22.9 Å². The van der Waals surface area contributed by atoms with Crippen LogP contribution in [-0.4, -0.2) is 17.6 Å². The Hall–Kier alpha value is -0.840. The second-order valence-electron chi connectivity index (χ2n) is 4.07. The predicted molar refractivity (Wildman–Crippen MR) is 71.7 cm³/mol. The molecule has 92 valence electrons. The summed E-state index contributed by atoms with van der Waals surface area (Å²) in [6, 6.07) is 2.35. The monoisotopic (exact) mass is 270 g/mol. The molecule has 2 aromatic heterocycles. The number of nitrogens with one attached hydrogen (secondary N) is 1. The van der Waals surface area contributed by atoms with E-state index >= 15 is 0 Å². The Kier molecular flexibility index (Phi) is 4.20. The zero-order valence-corrected chi connectivity index (χ0v) is 11.4. The fraction of sp³-hybridized carbons (Fsp3) is 0.417. The van der Waals surface area contributed by atoms with E-state index in [-0.39, 0.29) is 0 Å². The van der Waals surface area contributed by atoms with Crippen LogP contribution in [0.1, 0.15) is 19.7 Å². The van der Waals surface area contributed by atoms with Crippen LogP contribution in [0.4, 0.5) is 0 Å². The summed E-state index contributed by atoms with van der Waals surface area (Å²) in [4.78, 5) is 5.20. The average Bonchev–Trinajstić information content (AvgIpc) is 2.86. The zero-order valence-electron chi connectivity index (χ0n) is 9.87. The third-order valence-corrected chi connectivity index (χ3v) is 3.64. The van der Waals surface area contributed by atoms with Crippen molar-refractivity contribution < 1.29 is 4.42 Å². The first kappa shape index (κ1) is 12.6. The SMILES string of the molecule is CC(C)NCCc1ncc(-c2sccc2Cl)o1. The van der Waals surface area contributed by atoms with Crippen LogP contribution in [-0.2, 0) is 6.42 Å². The van der Waals surface area contributed by atoms with Crippen molar-refractivity contribution in [3.8, 4) is 10.6 Å². The summed E-state index contributed by atoms with van der Waals surface area (Å²) in [7, 11) is 0. The van der Waals surface area contributed by atoms with Gasteiger partial charge in [0.1, 0.15) is 0 Å². The van der Waals surface area contributed by atoms with Gasteiger partial charge in [-0.05, 0) is 11.4 Å². The van der Waals surface area contributed by atoms with E-state index in [0.717, 1.165) is 34.5 Å². The van der Waals surface area contributed by atoms with E-state index in [1.807, 2.05) is 11.4 Å².